The van der Waals surface area contributed by atoms with Gasteiger partial charge in [-0.15, -0.1) is 0 Å². The highest BCUT2D eigenvalue weighted by molar-refractivity contribution is 5.96. The van der Waals surface area contributed by atoms with Crippen LogP contribution in [0.1, 0.15) is 56.9 Å². The maximum Gasteiger partial charge on any atom is 0.307 e. The number of hydrogen-bond acceptors (Lipinski definition) is 4. The van der Waals surface area contributed by atoms with E-state index in [1.54, 1.807) is 6.20 Å². The fourth-order valence-corrected chi connectivity index (χ4v) is 4.13. The highest BCUT2D eigenvalue weighted by Crippen LogP contribution is 2.49. The summed E-state index contributed by atoms with van der Waals surface area (Å²) in [6, 6.07) is 9.87. The molecule has 1 aromatic heterocycles. The number of hydrogen-bond donors (Lipinski definition) is 2. The molecule has 1 aliphatic carbocycles. The number of carboxylic acid groups (broad SMARTS) is 1. The van der Waals surface area contributed by atoms with Gasteiger partial charge in [-0.2, -0.15) is 0 Å². The first kappa shape index (κ1) is 23.8. The summed E-state index contributed by atoms with van der Waals surface area (Å²) in [5.74, 6) is -0.232. The van der Waals surface area contributed by atoms with E-state index in [0.29, 0.717) is 18.3 Å². The van der Waals surface area contributed by atoms with Crippen LogP contribution in [0.5, 0.6) is 0 Å². The van der Waals surface area contributed by atoms with Crippen molar-refractivity contribution in [2.75, 3.05) is 23.3 Å². The van der Waals surface area contributed by atoms with Crippen LogP contribution in [0, 0.1) is 24.7 Å². The third-order valence-electron chi connectivity index (χ3n) is 5.68. The molecule has 1 fully saturated rings. The molecule has 0 bridgehead atoms. The van der Waals surface area contributed by atoms with Crippen LogP contribution in [0.3, 0.4) is 0 Å². The average Bonchev–Trinajstić information content (AvgIpc) is 3.50. The Balaban J connectivity index is 1.88. The standard InChI is InChI=1S/C26H35N3O3/c1-16(2)14-29(15-17(3)4)24-9-8-20(21-12-22(21)26(31)32)11-23(24)28-25(30)10-19-7-6-18(5)27-13-19/h6-9,11,13,16-17,21-22H,10,12,14-15H2,1-5H3,(H,28,30)(H,31,32). The van der Waals surface area contributed by atoms with Crippen LogP contribution in [-0.4, -0.2) is 35.1 Å². The largest absolute Gasteiger partial charge is 0.481 e. The van der Waals surface area contributed by atoms with Gasteiger partial charge in [0.25, 0.3) is 0 Å². The SMILES string of the molecule is Cc1ccc(CC(=O)Nc2cc(C3CC3C(=O)O)ccc2N(CC(C)C)CC(C)C)cn1. The lowest BCUT2D eigenvalue weighted by atomic mass is 10.0. The molecule has 2 N–H and O–H groups in total. The summed E-state index contributed by atoms with van der Waals surface area (Å²) in [4.78, 5) is 30.9. The van der Waals surface area contributed by atoms with Gasteiger partial charge in [0.15, 0.2) is 0 Å². The molecule has 2 unspecified atom stereocenters. The first-order valence-corrected chi connectivity index (χ1v) is 11.5. The number of pyridine rings is 1. The topological polar surface area (TPSA) is 82.5 Å². The van der Waals surface area contributed by atoms with Crippen molar-refractivity contribution in [2.24, 2.45) is 17.8 Å². The van der Waals surface area contributed by atoms with Gasteiger partial charge in [-0.1, -0.05) is 39.8 Å². The average molecular weight is 438 g/mol. The quantitative estimate of drug-likeness (QED) is 0.554. The highest BCUT2D eigenvalue weighted by atomic mass is 16.4. The molecule has 3 rings (SSSR count). The Bertz CT molecular complexity index is 943. The number of benzene rings is 1. The summed E-state index contributed by atoms with van der Waals surface area (Å²) in [6.07, 6.45) is 2.63. The number of nitrogens with one attached hydrogen (secondary N) is 1. The zero-order valence-corrected chi connectivity index (χ0v) is 19.8. The molecule has 1 saturated carbocycles. The monoisotopic (exact) mass is 437 g/mol. The van der Waals surface area contributed by atoms with Gasteiger partial charge >= 0.3 is 5.97 Å². The first-order chi connectivity index (χ1) is 15.1. The van der Waals surface area contributed by atoms with Gasteiger partial charge in [0.2, 0.25) is 5.91 Å². The number of aryl methyl sites for hydroxylation is 1. The van der Waals surface area contributed by atoms with E-state index in [1.807, 2.05) is 37.3 Å². The normalized spacial score (nSPS) is 17.5. The summed E-state index contributed by atoms with van der Waals surface area (Å²) in [5, 5.41) is 12.5. The minimum Gasteiger partial charge on any atom is -0.481 e. The number of aliphatic carboxylic acids is 1. The predicted molar refractivity (Wildman–Crippen MR) is 128 cm³/mol. The Kier molecular flexibility index (Phi) is 7.54. The minimum atomic E-state index is -0.752. The number of carboxylic acids is 1. The van der Waals surface area contributed by atoms with Crippen molar-refractivity contribution in [1.82, 2.24) is 4.98 Å². The third kappa shape index (κ3) is 6.31. The maximum atomic E-state index is 12.9. The molecular formula is C26H35N3O3. The van der Waals surface area contributed by atoms with E-state index in [0.717, 1.165) is 41.3 Å². The molecule has 2 atom stereocenters. The van der Waals surface area contributed by atoms with Gasteiger partial charge in [-0.3, -0.25) is 14.6 Å². The molecule has 6 nitrogen and oxygen atoms in total. The van der Waals surface area contributed by atoms with E-state index in [9.17, 15) is 14.7 Å². The lowest BCUT2D eigenvalue weighted by Gasteiger charge is -2.31. The number of nitrogens with zero attached hydrogens (tertiary/aromatic N) is 2. The molecule has 1 aliphatic rings. The maximum absolute atomic E-state index is 12.9. The van der Waals surface area contributed by atoms with E-state index in [1.165, 1.54) is 0 Å². The van der Waals surface area contributed by atoms with Crippen LogP contribution in [-0.2, 0) is 16.0 Å². The molecule has 1 heterocycles. The van der Waals surface area contributed by atoms with E-state index in [2.05, 4.69) is 42.9 Å². The zero-order chi connectivity index (χ0) is 23.4. The molecule has 172 valence electrons. The van der Waals surface area contributed by atoms with Gasteiger partial charge < -0.3 is 15.3 Å². The summed E-state index contributed by atoms with van der Waals surface area (Å²) < 4.78 is 0. The fourth-order valence-electron chi connectivity index (χ4n) is 4.13. The molecular weight excluding hydrogens is 402 g/mol. The van der Waals surface area contributed by atoms with Gasteiger partial charge in [0.05, 0.1) is 23.7 Å². The van der Waals surface area contributed by atoms with Gasteiger partial charge in [-0.25, -0.2) is 0 Å². The summed E-state index contributed by atoms with van der Waals surface area (Å²) in [7, 11) is 0. The smallest absolute Gasteiger partial charge is 0.307 e. The number of amides is 1. The zero-order valence-electron chi connectivity index (χ0n) is 19.8. The Hall–Kier alpha value is -2.89. The van der Waals surface area contributed by atoms with E-state index in [4.69, 9.17) is 0 Å². The molecule has 1 amide bonds. The van der Waals surface area contributed by atoms with Crippen molar-refractivity contribution in [3.63, 3.8) is 0 Å². The van der Waals surface area contributed by atoms with E-state index >= 15 is 0 Å². The summed E-state index contributed by atoms with van der Waals surface area (Å²) >= 11 is 0. The third-order valence-corrected chi connectivity index (χ3v) is 5.68. The number of aromatic nitrogens is 1. The van der Waals surface area contributed by atoms with E-state index in [-0.39, 0.29) is 24.2 Å². The van der Waals surface area contributed by atoms with Gasteiger partial charge in [0.1, 0.15) is 0 Å². The molecule has 0 saturated heterocycles. The Morgan fingerprint density at radius 3 is 2.34 bits per heavy atom. The fraction of sp³-hybridized carbons (Fsp3) is 0.500. The van der Waals surface area contributed by atoms with Crippen LogP contribution in [0.15, 0.2) is 36.5 Å². The molecule has 0 spiro atoms. The van der Waals surface area contributed by atoms with Crippen molar-refractivity contribution >= 4 is 23.3 Å². The van der Waals surface area contributed by atoms with Gasteiger partial charge in [0, 0.05) is 25.0 Å². The van der Waals surface area contributed by atoms with E-state index < -0.39 is 5.97 Å². The second-order valence-electron chi connectivity index (χ2n) is 9.79. The highest BCUT2D eigenvalue weighted by Gasteiger charge is 2.44. The molecule has 32 heavy (non-hydrogen) atoms. The lowest BCUT2D eigenvalue weighted by Crippen LogP contribution is -2.32. The Morgan fingerprint density at radius 2 is 1.81 bits per heavy atom. The molecule has 6 heteroatoms. The van der Waals surface area contributed by atoms with Crippen LogP contribution in [0.25, 0.3) is 0 Å². The minimum absolute atomic E-state index is 0.0159. The lowest BCUT2D eigenvalue weighted by molar-refractivity contribution is -0.138. The van der Waals surface area contributed by atoms with Gasteiger partial charge in [-0.05, 0) is 60.4 Å². The van der Waals surface area contributed by atoms with Crippen LogP contribution in [0.2, 0.25) is 0 Å². The van der Waals surface area contributed by atoms with Crippen LogP contribution < -0.4 is 10.2 Å². The van der Waals surface area contributed by atoms with Crippen LogP contribution >= 0.6 is 0 Å². The molecule has 2 aromatic rings. The molecule has 0 aliphatic heterocycles. The van der Waals surface area contributed by atoms with Crippen molar-refractivity contribution < 1.29 is 14.7 Å². The second-order valence-corrected chi connectivity index (χ2v) is 9.79. The van der Waals surface area contributed by atoms with Crippen molar-refractivity contribution in [2.45, 2.75) is 53.4 Å². The van der Waals surface area contributed by atoms with Crippen molar-refractivity contribution in [1.29, 1.82) is 0 Å². The Labute approximate surface area is 191 Å². The summed E-state index contributed by atoms with van der Waals surface area (Å²) in [5.41, 5.74) is 4.49. The predicted octanol–water partition coefficient (Wildman–Crippen LogP) is 4.88. The Morgan fingerprint density at radius 1 is 1.12 bits per heavy atom. The molecule has 0 radical (unpaired) electrons. The first-order valence-electron chi connectivity index (χ1n) is 11.5. The number of carbonyl (C=O) groups excluding carboxylic acids is 1. The molecule has 1 aromatic carbocycles. The van der Waals surface area contributed by atoms with Crippen LogP contribution in [0.4, 0.5) is 11.4 Å². The summed E-state index contributed by atoms with van der Waals surface area (Å²) in [6.45, 7) is 12.4. The van der Waals surface area contributed by atoms with Crippen molar-refractivity contribution in [3.05, 3.63) is 53.3 Å². The van der Waals surface area contributed by atoms with Crippen molar-refractivity contribution in [3.8, 4) is 0 Å². The second kappa shape index (κ2) is 10.2. The number of carbonyl (C=O) groups is 2. The number of anilines is 2. The number of rotatable bonds is 10.